The molecule has 0 bridgehead atoms. The molecule has 3 nitrogen and oxygen atoms in total. The van der Waals surface area contributed by atoms with Crippen LogP contribution in [0.2, 0.25) is 0 Å². The van der Waals surface area contributed by atoms with Crippen molar-refractivity contribution in [3.8, 4) is 5.75 Å². The second-order valence-corrected chi connectivity index (χ2v) is 5.58. The monoisotopic (exact) mass is 372 g/mol. The molecule has 1 heterocycles. The lowest BCUT2D eigenvalue weighted by Crippen LogP contribution is -2.00. The summed E-state index contributed by atoms with van der Waals surface area (Å²) in [7, 11) is 3.56. The number of nitrogens with zero attached hydrogens (tertiary/aromatic N) is 1. The standard InChI is InChI=1S/C13H14Br2N2O/c1-4-7-5-8-11(17-13(7)16-2)9(14)6-10(15)12(8)18-3/h5-6H,4H2,1-3H3,(H,16,17). The van der Waals surface area contributed by atoms with Gasteiger partial charge in [-0.3, -0.25) is 0 Å². The number of hydrogen-bond donors (Lipinski definition) is 1. The first kappa shape index (κ1) is 13.6. The number of methoxy groups -OCH3 is 1. The summed E-state index contributed by atoms with van der Waals surface area (Å²) in [5, 5.41) is 4.14. The van der Waals surface area contributed by atoms with Gasteiger partial charge in [0.15, 0.2) is 0 Å². The van der Waals surface area contributed by atoms with Crippen LogP contribution in [0.15, 0.2) is 21.1 Å². The summed E-state index contributed by atoms with van der Waals surface area (Å²) in [5.41, 5.74) is 2.07. The summed E-state index contributed by atoms with van der Waals surface area (Å²) in [5.74, 6) is 1.73. The highest BCUT2D eigenvalue weighted by Crippen LogP contribution is 2.39. The van der Waals surface area contributed by atoms with Crippen LogP contribution in [0.3, 0.4) is 0 Å². The van der Waals surface area contributed by atoms with Crippen molar-refractivity contribution >= 4 is 48.6 Å². The summed E-state index contributed by atoms with van der Waals surface area (Å²) in [6.45, 7) is 2.11. The van der Waals surface area contributed by atoms with Gasteiger partial charge in [0, 0.05) is 16.9 Å². The molecule has 18 heavy (non-hydrogen) atoms. The molecule has 0 fully saturated rings. The fourth-order valence-electron chi connectivity index (χ4n) is 1.98. The zero-order valence-corrected chi connectivity index (χ0v) is 13.6. The topological polar surface area (TPSA) is 34.1 Å². The SMILES string of the molecule is CCc1cc2c(OC)c(Br)cc(Br)c2nc1NC. The molecular weight excluding hydrogens is 360 g/mol. The van der Waals surface area contributed by atoms with E-state index < -0.39 is 0 Å². The number of ether oxygens (including phenoxy) is 1. The van der Waals surface area contributed by atoms with Crippen molar-refractivity contribution < 1.29 is 4.74 Å². The van der Waals surface area contributed by atoms with Gasteiger partial charge in [0.05, 0.1) is 17.1 Å². The number of fused-ring (bicyclic) bond motifs is 1. The Bertz CT molecular complexity index is 599. The van der Waals surface area contributed by atoms with Crippen LogP contribution in [0.1, 0.15) is 12.5 Å². The maximum Gasteiger partial charge on any atom is 0.142 e. The van der Waals surface area contributed by atoms with Crippen molar-refractivity contribution in [2.75, 3.05) is 19.5 Å². The Morgan fingerprint density at radius 3 is 2.56 bits per heavy atom. The first-order valence-corrected chi connectivity index (χ1v) is 7.24. The van der Waals surface area contributed by atoms with E-state index in [9.17, 15) is 0 Å². The maximum atomic E-state index is 5.46. The number of hydrogen-bond acceptors (Lipinski definition) is 3. The van der Waals surface area contributed by atoms with Crippen molar-refractivity contribution in [2.45, 2.75) is 13.3 Å². The van der Waals surface area contributed by atoms with Gasteiger partial charge in [-0.2, -0.15) is 0 Å². The number of halogens is 2. The molecule has 96 valence electrons. The number of anilines is 1. The maximum absolute atomic E-state index is 5.46. The molecule has 2 rings (SSSR count). The van der Waals surface area contributed by atoms with E-state index in [-0.39, 0.29) is 0 Å². The third kappa shape index (κ3) is 2.21. The zero-order chi connectivity index (χ0) is 13.3. The minimum Gasteiger partial charge on any atom is -0.495 e. The molecule has 0 aliphatic rings. The third-order valence-electron chi connectivity index (χ3n) is 2.86. The van der Waals surface area contributed by atoms with Gasteiger partial charge in [0.2, 0.25) is 0 Å². The fraction of sp³-hybridized carbons (Fsp3) is 0.308. The molecule has 0 saturated carbocycles. The summed E-state index contributed by atoms with van der Waals surface area (Å²) in [6, 6.07) is 4.09. The van der Waals surface area contributed by atoms with Crippen molar-refractivity contribution in [3.63, 3.8) is 0 Å². The van der Waals surface area contributed by atoms with Crippen molar-refractivity contribution in [3.05, 3.63) is 26.6 Å². The molecule has 1 aromatic carbocycles. The highest BCUT2D eigenvalue weighted by molar-refractivity contribution is 9.11. The first-order valence-electron chi connectivity index (χ1n) is 5.65. The first-order chi connectivity index (χ1) is 8.62. The lowest BCUT2D eigenvalue weighted by Gasteiger charge is -2.13. The minimum atomic E-state index is 0.818. The van der Waals surface area contributed by atoms with E-state index in [1.807, 2.05) is 13.1 Å². The van der Waals surface area contributed by atoms with Gasteiger partial charge in [0.25, 0.3) is 0 Å². The second kappa shape index (κ2) is 5.45. The van der Waals surface area contributed by atoms with Crippen LogP contribution in [0.25, 0.3) is 10.9 Å². The molecule has 0 aliphatic heterocycles. The Labute approximate surface area is 123 Å². The average Bonchev–Trinajstić information content (AvgIpc) is 2.37. The highest BCUT2D eigenvalue weighted by Gasteiger charge is 2.14. The van der Waals surface area contributed by atoms with Crippen LogP contribution in [0, 0.1) is 0 Å². The number of pyridine rings is 1. The smallest absolute Gasteiger partial charge is 0.142 e. The summed E-state index contributed by atoms with van der Waals surface area (Å²) in [4.78, 5) is 4.65. The lowest BCUT2D eigenvalue weighted by molar-refractivity contribution is 0.417. The number of aromatic nitrogens is 1. The summed E-state index contributed by atoms with van der Waals surface area (Å²) >= 11 is 7.06. The quantitative estimate of drug-likeness (QED) is 0.867. The van der Waals surface area contributed by atoms with E-state index in [0.717, 1.165) is 37.8 Å². The van der Waals surface area contributed by atoms with Crippen molar-refractivity contribution in [1.82, 2.24) is 4.98 Å². The van der Waals surface area contributed by atoms with Gasteiger partial charge in [0.1, 0.15) is 11.6 Å². The molecule has 0 unspecified atom stereocenters. The zero-order valence-electron chi connectivity index (χ0n) is 10.5. The molecule has 0 amide bonds. The number of rotatable bonds is 3. The Balaban J connectivity index is 2.87. The molecule has 1 N–H and O–H groups in total. The fourth-order valence-corrected chi connectivity index (χ4v) is 3.42. The molecule has 2 aromatic rings. The number of nitrogens with one attached hydrogen (secondary N) is 1. The number of aryl methyl sites for hydroxylation is 1. The van der Waals surface area contributed by atoms with Crippen molar-refractivity contribution in [1.29, 1.82) is 0 Å². The molecular formula is C13H14Br2N2O. The van der Waals surface area contributed by atoms with Gasteiger partial charge in [-0.1, -0.05) is 6.92 Å². The summed E-state index contributed by atoms with van der Waals surface area (Å²) < 4.78 is 7.33. The molecule has 0 atom stereocenters. The predicted octanol–water partition coefficient (Wildman–Crippen LogP) is 4.37. The van der Waals surface area contributed by atoms with Crippen LogP contribution >= 0.6 is 31.9 Å². The second-order valence-electron chi connectivity index (χ2n) is 3.87. The normalized spacial score (nSPS) is 10.7. The van der Waals surface area contributed by atoms with Crippen LogP contribution in [-0.4, -0.2) is 19.1 Å². The van der Waals surface area contributed by atoms with Gasteiger partial charge >= 0.3 is 0 Å². The van der Waals surface area contributed by atoms with E-state index >= 15 is 0 Å². The minimum absolute atomic E-state index is 0.818. The van der Waals surface area contributed by atoms with Crippen molar-refractivity contribution in [2.24, 2.45) is 0 Å². The van der Waals surface area contributed by atoms with E-state index in [0.29, 0.717) is 0 Å². The van der Waals surface area contributed by atoms with E-state index in [4.69, 9.17) is 4.74 Å². The van der Waals surface area contributed by atoms with Gasteiger partial charge in [-0.05, 0) is 56.0 Å². The average molecular weight is 374 g/mol. The van der Waals surface area contributed by atoms with Gasteiger partial charge in [-0.25, -0.2) is 4.98 Å². The van der Waals surface area contributed by atoms with Crippen LogP contribution in [-0.2, 0) is 6.42 Å². The summed E-state index contributed by atoms with van der Waals surface area (Å²) in [6.07, 6.45) is 0.923. The molecule has 1 aromatic heterocycles. The van der Waals surface area contributed by atoms with Gasteiger partial charge in [-0.15, -0.1) is 0 Å². The van der Waals surface area contributed by atoms with Crippen LogP contribution in [0.5, 0.6) is 5.75 Å². The molecule has 0 radical (unpaired) electrons. The molecule has 5 heteroatoms. The Morgan fingerprint density at radius 1 is 1.28 bits per heavy atom. The predicted molar refractivity (Wildman–Crippen MR) is 82.6 cm³/mol. The molecule has 0 saturated heterocycles. The van der Waals surface area contributed by atoms with E-state index in [2.05, 4.69) is 55.2 Å². The number of benzene rings is 1. The molecule has 0 spiro atoms. The highest BCUT2D eigenvalue weighted by atomic mass is 79.9. The van der Waals surface area contributed by atoms with Gasteiger partial charge < -0.3 is 10.1 Å². The Kier molecular flexibility index (Phi) is 4.12. The third-order valence-corrected chi connectivity index (χ3v) is 4.06. The Hall–Kier alpha value is -0.810. The van der Waals surface area contributed by atoms with Crippen LogP contribution < -0.4 is 10.1 Å². The lowest BCUT2D eigenvalue weighted by atomic mass is 10.1. The largest absolute Gasteiger partial charge is 0.495 e. The van der Waals surface area contributed by atoms with E-state index in [1.165, 1.54) is 5.56 Å². The Morgan fingerprint density at radius 2 is 2.00 bits per heavy atom. The molecule has 0 aliphatic carbocycles. The van der Waals surface area contributed by atoms with Crippen LogP contribution in [0.4, 0.5) is 5.82 Å². The van der Waals surface area contributed by atoms with E-state index in [1.54, 1.807) is 7.11 Å².